The lowest BCUT2D eigenvalue weighted by molar-refractivity contribution is -0.0104. The molecular formula is C19H33N5OS2. The van der Waals surface area contributed by atoms with Crippen LogP contribution in [0.1, 0.15) is 30.2 Å². The Labute approximate surface area is 171 Å². The van der Waals surface area contributed by atoms with E-state index in [0.717, 1.165) is 64.7 Å². The minimum Gasteiger partial charge on any atom is -0.379 e. The summed E-state index contributed by atoms with van der Waals surface area (Å²) in [5.74, 6) is 3.34. The van der Waals surface area contributed by atoms with E-state index in [1.165, 1.54) is 27.8 Å². The number of hydrogen-bond donors (Lipinski definition) is 2. The van der Waals surface area contributed by atoms with Gasteiger partial charge in [0.25, 0.3) is 0 Å². The number of thiazole rings is 1. The number of aromatic nitrogens is 1. The summed E-state index contributed by atoms with van der Waals surface area (Å²) in [6.07, 6.45) is 5.24. The van der Waals surface area contributed by atoms with Crippen LogP contribution in [0.5, 0.6) is 0 Å². The monoisotopic (exact) mass is 411 g/mol. The van der Waals surface area contributed by atoms with Gasteiger partial charge in [-0.2, -0.15) is 11.8 Å². The highest BCUT2D eigenvalue weighted by Gasteiger charge is 2.40. The molecule has 152 valence electrons. The number of nitrogens with one attached hydrogen (secondary N) is 2. The van der Waals surface area contributed by atoms with Crippen LogP contribution in [0.3, 0.4) is 0 Å². The van der Waals surface area contributed by atoms with Crippen molar-refractivity contribution in [1.29, 1.82) is 0 Å². The number of nitrogens with zero attached hydrogens (tertiary/aromatic N) is 3. The molecule has 1 atom stereocenters. The van der Waals surface area contributed by atoms with Gasteiger partial charge in [-0.3, -0.25) is 9.89 Å². The number of ether oxygens (including phenoxy) is 1. The summed E-state index contributed by atoms with van der Waals surface area (Å²) < 4.78 is 5.56. The number of rotatable bonds is 8. The summed E-state index contributed by atoms with van der Waals surface area (Å²) in [4.78, 5) is 13.5. The maximum atomic E-state index is 5.56. The quantitative estimate of drug-likeness (QED) is 0.504. The Bertz CT molecular complexity index is 595. The van der Waals surface area contributed by atoms with Crippen molar-refractivity contribution < 1.29 is 4.74 Å². The van der Waals surface area contributed by atoms with E-state index in [1.807, 2.05) is 17.5 Å². The lowest BCUT2D eigenvalue weighted by atomic mass is 9.96. The lowest BCUT2D eigenvalue weighted by Crippen LogP contribution is -2.56. The standard InChI is InChI=1S/C19H33N5OS2/c1-3-16-13-22-17(27-16)5-7-21-18(20-4-2)23-14-19(6-12-26-15-19)24-8-10-25-11-9-24/h13H,3-12,14-15H2,1-2H3,(H2,20,21,23). The van der Waals surface area contributed by atoms with Gasteiger partial charge in [0.05, 0.1) is 30.3 Å². The molecule has 0 saturated carbocycles. The summed E-state index contributed by atoms with van der Waals surface area (Å²) in [5, 5.41) is 8.10. The summed E-state index contributed by atoms with van der Waals surface area (Å²) in [6.45, 7) is 10.7. The Morgan fingerprint density at radius 1 is 1.33 bits per heavy atom. The number of morpholine rings is 1. The second-order valence-electron chi connectivity index (χ2n) is 7.07. The van der Waals surface area contributed by atoms with E-state index in [4.69, 9.17) is 9.73 Å². The molecule has 0 bridgehead atoms. The predicted molar refractivity (Wildman–Crippen MR) is 116 cm³/mol. The molecule has 2 aliphatic heterocycles. The van der Waals surface area contributed by atoms with Crippen molar-refractivity contribution in [2.24, 2.45) is 4.99 Å². The van der Waals surface area contributed by atoms with E-state index in [0.29, 0.717) is 0 Å². The van der Waals surface area contributed by atoms with Crippen LogP contribution in [-0.2, 0) is 17.6 Å². The summed E-state index contributed by atoms with van der Waals surface area (Å²) in [6, 6.07) is 0. The lowest BCUT2D eigenvalue weighted by Gasteiger charge is -2.42. The Morgan fingerprint density at radius 2 is 2.19 bits per heavy atom. The average Bonchev–Trinajstić information content (AvgIpc) is 3.37. The fourth-order valence-electron chi connectivity index (χ4n) is 3.59. The smallest absolute Gasteiger partial charge is 0.191 e. The molecule has 2 N–H and O–H groups in total. The van der Waals surface area contributed by atoms with Crippen molar-refractivity contribution >= 4 is 29.1 Å². The molecule has 3 rings (SSSR count). The number of hydrogen-bond acceptors (Lipinski definition) is 6. The first-order chi connectivity index (χ1) is 13.3. The minimum atomic E-state index is 0.197. The maximum Gasteiger partial charge on any atom is 0.191 e. The second-order valence-corrected chi connectivity index (χ2v) is 9.38. The summed E-state index contributed by atoms with van der Waals surface area (Å²) in [5.41, 5.74) is 0.197. The number of thioether (sulfide) groups is 1. The molecule has 0 spiro atoms. The molecule has 0 aliphatic carbocycles. The van der Waals surface area contributed by atoms with Gasteiger partial charge in [0, 0.05) is 49.4 Å². The van der Waals surface area contributed by atoms with Crippen molar-refractivity contribution in [3.8, 4) is 0 Å². The van der Waals surface area contributed by atoms with E-state index in [9.17, 15) is 0 Å². The molecule has 2 aliphatic rings. The molecule has 3 heterocycles. The molecule has 0 aromatic carbocycles. The van der Waals surface area contributed by atoms with Crippen LogP contribution in [0.25, 0.3) is 0 Å². The number of aryl methyl sites for hydroxylation is 1. The third kappa shape index (κ3) is 5.82. The molecule has 1 unspecified atom stereocenters. The van der Waals surface area contributed by atoms with Crippen molar-refractivity contribution in [2.45, 2.75) is 38.6 Å². The molecular weight excluding hydrogens is 378 g/mol. The van der Waals surface area contributed by atoms with Gasteiger partial charge in [-0.15, -0.1) is 11.3 Å². The van der Waals surface area contributed by atoms with Gasteiger partial charge in [0.1, 0.15) is 0 Å². The number of aliphatic imine (C=N–C) groups is 1. The van der Waals surface area contributed by atoms with Crippen molar-refractivity contribution in [1.82, 2.24) is 20.5 Å². The van der Waals surface area contributed by atoms with Gasteiger partial charge < -0.3 is 15.4 Å². The van der Waals surface area contributed by atoms with E-state index in [1.54, 1.807) is 0 Å². The fraction of sp³-hybridized carbons (Fsp3) is 0.789. The number of guanidine groups is 1. The van der Waals surface area contributed by atoms with Crippen LogP contribution in [0.4, 0.5) is 0 Å². The Balaban J connectivity index is 1.56. The van der Waals surface area contributed by atoms with Crippen LogP contribution in [0.2, 0.25) is 0 Å². The van der Waals surface area contributed by atoms with E-state index < -0.39 is 0 Å². The van der Waals surface area contributed by atoms with Crippen molar-refractivity contribution in [2.75, 3.05) is 57.4 Å². The van der Waals surface area contributed by atoms with E-state index in [-0.39, 0.29) is 5.54 Å². The first kappa shape index (κ1) is 20.9. The Morgan fingerprint density at radius 3 is 2.85 bits per heavy atom. The van der Waals surface area contributed by atoms with E-state index >= 15 is 0 Å². The average molecular weight is 412 g/mol. The molecule has 2 saturated heterocycles. The Hall–Kier alpha value is -0.830. The molecule has 2 fully saturated rings. The summed E-state index contributed by atoms with van der Waals surface area (Å²) >= 11 is 3.88. The topological polar surface area (TPSA) is 61.8 Å². The van der Waals surface area contributed by atoms with E-state index in [2.05, 4.69) is 46.1 Å². The zero-order chi connectivity index (χ0) is 19.0. The molecule has 0 amide bonds. The van der Waals surface area contributed by atoms with Gasteiger partial charge in [0.15, 0.2) is 5.96 Å². The highest BCUT2D eigenvalue weighted by atomic mass is 32.2. The zero-order valence-electron chi connectivity index (χ0n) is 16.6. The van der Waals surface area contributed by atoms with Crippen molar-refractivity contribution in [3.63, 3.8) is 0 Å². The van der Waals surface area contributed by atoms with Gasteiger partial charge in [-0.1, -0.05) is 6.92 Å². The summed E-state index contributed by atoms with van der Waals surface area (Å²) in [7, 11) is 0. The first-order valence-electron chi connectivity index (χ1n) is 10.1. The van der Waals surface area contributed by atoms with Gasteiger partial charge in [-0.25, -0.2) is 4.98 Å². The largest absolute Gasteiger partial charge is 0.379 e. The van der Waals surface area contributed by atoms with Crippen LogP contribution in [0.15, 0.2) is 11.2 Å². The molecule has 0 radical (unpaired) electrons. The second kappa shape index (κ2) is 10.6. The van der Waals surface area contributed by atoms with Crippen LogP contribution >= 0.6 is 23.1 Å². The Kier molecular flexibility index (Phi) is 8.24. The van der Waals surface area contributed by atoms with Gasteiger partial charge in [0.2, 0.25) is 0 Å². The molecule has 6 nitrogen and oxygen atoms in total. The van der Waals surface area contributed by atoms with Crippen LogP contribution in [0, 0.1) is 0 Å². The SMILES string of the molecule is CCNC(=NCC1(N2CCOCC2)CCSC1)NCCc1ncc(CC)s1. The predicted octanol–water partition coefficient (Wildman–Crippen LogP) is 2.01. The van der Waals surface area contributed by atoms with Gasteiger partial charge >= 0.3 is 0 Å². The third-order valence-corrected chi connectivity index (χ3v) is 7.66. The zero-order valence-corrected chi connectivity index (χ0v) is 18.3. The third-order valence-electron chi connectivity index (χ3n) is 5.22. The first-order valence-corrected chi connectivity index (χ1v) is 12.1. The van der Waals surface area contributed by atoms with Crippen LogP contribution in [-0.4, -0.2) is 78.8 Å². The van der Waals surface area contributed by atoms with Gasteiger partial charge in [-0.05, 0) is 25.5 Å². The molecule has 1 aromatic heterocycles. The highest BCUT2D eigenvalue weighted by Crippen LogP contribution is 2.34. The molecule has 8 heteroatoms. The normalized spacial score (nSPS) is 24.3. The fourth-order valence-corrected chi connectivity index (χ4v) is 5.92. The maximum absolute atomic E-state index is 5.56. The van der Waals surface area contributed by atoms with Crippen LogP contribution < -0.4 is 10.6 Å². The minimum absolute atomic E-state index is 0.197. The van der Waals surface area contributed by atoms with Crippen molar-refractivity contribution in [3.05, 3.63) is 16.1 Å². The highest BCUT2D eigenvalue weighted by molar-refractivity contribution is 7.99. The molecule has 1 aromatic rings. The molecule has 27 heavy (non-hydrogen) atoms.